The monoisotopic (exact) mass is 418 g/mol. The number of carbonyl (C=O) groups is 3. The van der Waals surface area contributed by atoms with E-state index < -0.39 is 6.10 Å². The third kappa shape index (κ3) is 3.18. The molecule has 4 saturated carbocycles. The van der Waals surface area contributed by atoms with E-state index in [1.54, 1.807) is 0 Å². The predicted octanol–water partition coefficient (Wildman–Crippen LogP) is 3.95. The summed E-state index contributed by atoms with van der Waals surface area (Å²) in [5.41, 5.74) is -0.288. The van der Waals surface area contributed by atoms with Crippen LogP contribution in [0.15, 0.2) is 0 Å². The zero-order chi connectivity index (χ0) is 21.8. The van der Waals surface area contributed by atoms with Crippen molar-refractivity contribution in [3.05, 3.63) is 0 Å². The lowest BCUT2D eigenvalue weighted by Crippen LogP contribution is -2.61. The predicted molar refractivity (Wildman–Crippen MR) is 112 cm³/mol. The third-order valence-corrected chi connectivity index (χ3v) is 10.2. The highest BCUT2D eigenvalue weighted by atomic mass is 16.5. The van der Waals surface area contributed by atoms with Crippen LogP contribution >= 0.6 is 0 Å². The quantitative estimate of drug-likeness (QED) is 0.699. The minimum Gasteiger partial charge on any atom is -0.469 e. The van der Waals surface area contributed by atoms with Gasteiger partial charge in [-0.25, -0.2) is 0 Å². The number of Topliss-reactive ketones (excluding diaryl/α,β-unsaturated/α-hetero) is 2. The molecule has 5 heteroatoms. The van der Waals surface area contributed by atoms with E-state index in [2.05, 4.69) is 20.8 Å². The van der Waals surface area contributed by atoms with Gasteiger partial charge in [-0.3, -0.25) is 14.4 Å². The third-order valence-electron chi connectivity index (χ3n) is 10.2. The molecule has 5 nitrogen and oxygen atoms in total. The van der Waals surface area contributed by atoms with E-state index in [0.29, 0.717) is 55.5 Å². The van der Waals surface area contributed by atoms with Crippen molar-refractivity contribution in [3.63, 3.8) is 0 Å². The SMILES string of the molecule is COC(=O)CC[C@@H](C)[C@H]1CC[C@H]2[C@@H]3C(=O)C[C@@H]4CC(=O)CC[C@]4(C)[C@H]3C[C@H](O)[C@]12C. The van der Waals surface area contributed by atoms with Gasteiger partial charge in [-0.1, -0.05) is 20.8 Å². The van der Waals surface area contributed by atoms with Gasteiger partial charge in [-0.2, -0.15) is 0 Å². The number of hydrogen-bond donors (Lipinski definition) is 1. The second-order valence-corrected chi connectivity index (χ2v) is 11.2. The molecule has 4 rings (SSSR count). The van der Waals surface area contributed by atoms with Crippen LogP contribution in [0.5, 0.6) is 0 Å². The van der Waals surface area contributed by atoms with Crippen LogP contribution < -0.4 is 0 Å². The first-order chi connectivity index (χ1) is 14.1. The summed E-state index contributed by atoms with van der Waals surface area (Å²) in [6.45, 7) is 6.68. The van der Waals surface area contributed by atoms with Gasteiger partial charge in [-0.05, 0) is 67.1 Å². The molecule has 0 bridgehead atoms. The van der Waals surface area contributed by atoms with Gasteiger partial charge in [0.1, 0.15) is 11.6 Å². The average Bonchev–Trinajstić information content (AvgIpc) is 3.06. The maximum absolute atomic E-state index is 13.4. The summed E-state index contributed by atoms with van der Waals surface area (Å²) < 4.78 is 4.81. The molecular formula is C25H38O5. The maximum Gasteiger partial charge on any atom is 0.305 e. The van der Waals surface area contributed by atoms with Gasteiger partial charge < -0.3 is 9.84 Å². The van der Waals surface area contributed by atoms with E-state index in [0.717, 1.165) is 25.7 Å². The minimum atomic E-state index is -0.433. The van der Waals surface area contributed by atoms with Crippen molar-refractivity contribution >= 4 is 17.5 Å². The van der Waals surface area contributed by atoms with Gasteiger partial charge in [0, 0.05) is 37.0 Å². The molecule has 1 N–H and O–H groups in total. The van der Waals surface area contributed by atoms with Gasteiger partial charge in [0.05, 0.1) is 13.2 Å². The number of esters is 1. The van der Waals surface area contributed by atoms with Gasteiger partial charge in [-0.15, -0.1) is 0 Å². The fraction of sp³-hybridized carbons (Fsp3) is 0.880. The molecule has 9 atom stereocenters. The molecule has 0 unspecified atom stereocenters. The molecule has 0 heterocycles. The first-order valence-corrected chi connectivity index (χ1v) is 11.9. The highest BCUT2D eigenvalue weighted by Crippen LogP contribution is 2.67. The van der Waals surface area contributed by atoms with E-state index in [4.69, 9.17) is 4.74 Å². The Morgan fingerprint density at radius 1 is 1.20 bits per heavy atom. The van der Waals surface area contributed by atoms with Crippen molar-refractivity contribution < 1.29 is 24.2 Å². The van der Waals surface area contributed by atoms with Crippen LogP contribution in [0.2, 0.25) is 0 Å². The van der Waals surface area contributed by atoms with Crippen molar-refractivity contribution in [1.82, 2.24) is 0 Å². The topological polar surface area (TPSA) is 80.7 Å². The van der Waals surface area contributed by atoms with Gasteiger partial charge in [0.15, 0.2) is 0 Å². The Balaban J connectivity index is 1.59. The lowest BCUT2D eigenvalue weighted by molar-refractivity contribution is -0.178. The minimum absolute atomic E-state index is 0.0105. The summed E-state index contributed by atoms with van der Waals surface area (Å²) in [5.74, 6) is 1.64. The molecule has 0 radical (unpaired) electrons. The number of hydrogen-bond acceptors (Lipinski definition) is 5. The summed E-state index contributed by atoms with van der Waals surface area (Å²) in [6.07, 6.45) is 5.95. The molecule has 0 amide bonds. The molecule has 0 aromatic carbocycles. The van der Waals surface area contributed by atoms with Crippen LogP contribution in [0.3, 0.4) is 0 Å². The van der Waals surface area contributed by atoms with E-state index >= 15 is 0 Å². The summed E-state index contributed by atoms with van der Waals surface area (Å²) in [6, 6.07) is 0. The van der Waals surface area contributed by atoms with E-state index in [-0.39, 0.29) is 40.5 Å². The number of carbonyl (C=O) groups excluding carboxylic acids is 3. The largest absolute Gasteiger partial charge is 0.469 e. The maximum atomic E-state index is 13.4. The van der Waals surface area contributed by atoms with E-state index in [9.17, 15) is 19.5 Å². The zero-order valence-corrected chi connectivity index (χ0v) is 19.0. The molecule has 4 aliphatic carbocycles. The number of methoxy groups -OCH3 is 1. The molecule has 4 fully saturated rings. The van der Waals surface area contributed by atoms with Crippen LogP contribution in [0, 0.1) is 46.3 Å². The molecular weight excluding hydrogens is 380 g/mol. The summed E-state index contributed by atoms with van der Waals surface area (Å²) >= 11 is 0. The van der Waals surface area contributed by atoms with Crippen LogP contribution in [-0.2, 0) is 19.1 Å². The van der Waals surface area contributed by atoms with E-state index in [1.165, 1.54) is 7.11 Å². The molecule has 0 aromatic rings. The smallest absolute Gasteiger partial charge is 0.305 e. The molecule has 168 valence electrons. The average molecular weight is 419 g/mol. The number of aliphatic hydroxyl groups excluding tert-OH is 1. The number of rotatable bonds is 4. The Morgan fingerprint density at radius 2 is 1.93 bits per heavy atom. The molecule has 0 spiro atoms. The van der Waals surface area contributed by atoms with Crippen LogP contribution in [0.1, 0.15) is 78.6 Å². The Hall–Kier alpha value is -1.23. The van der Waals surface area contributed by atoms with Gasteiger partial charge in [0.2, 0.25) is 0 Å². The van der Waals surface area contributed by atoms with Crippen molar-refractivity contribution in [3.8, 4) is 0 Å². The molecule has 0 aromatic heterocycles. The highest BCUT2D eigenvalue weighted by molar-refractivity contribution is 5.86. The second kappa shape index (κ2) is 7.72. The Kier molecular flexibility index (Phi) is 5.66. The second-order valence-electron chi connectivity index (χ2n) is 11.2. The molecule has 4 aliphatic rings. The summed E-state index contributed by atoms with van der Waals surface area (Å²) in [5, 5.41) is 11.5. The van der Waals surface area contributed by atoms with Crippen LogP contribution in [-0.4, -0.2) is 35.9 Å². The lowest BCUT2D eigenvalue weighted by Gasteiger charge is -2.61. The van der Waals surface area contributed by atoms with Crippen molar-refractivity contribution in [2.24, 2.45) is 46.3 Å². The number of fused-ring (bicyclic) bond motifs is 5. The van der Waals surface area contributed by atoms with Crippen LogP contribution in [0.25, 0.3) is 0 Å². The van der Waals surface area contributed by atoms with Crippen LogP contribution in [0.4, 0.5) is 0 Å². The lowest BCUT2D eigenvalue weighted by atomic mass is 9.43. The van der Waals surface area contributed by atoms with Crippen molar-refractivity contribution in [2.75, 3.05) is 7.11 Å². The standard InChI is InChI=1S/C25H38O5/c1-14(5-8-22(29)30-4)17-6-7-18-23-19(13-21(28)25(17,18)3)24(2)10-9-16(26)11-15(24)12-20(23)27/h14-15,17-19,21,23,28H,5-13H2,1-4H3/t14-,15+,17-,18+,19+,21+,23+,24+,25-/m1/s1. The highest BCUT2D eigenvalue weighted by Gasteiger charge is 2.65. The summed E-state index contributed by atoms with van der Waals surface area (Å²) in [4.78, 5) is 37.1. The summed E-state index contributed by atoms with van der Waals surface area (Å²) in [7, 11) is 1.42. The van der Waals surface area contributed by atoms with Gasteiger partial charge >= 0.3 is 5.97 Å². The molecule has 0 saturated heterocycles. The van der Waals surface area contributed by atoms with E-state index in [1.807, 2.05) is 0 Å². The Labute approximate surface area is 180 Å². The van der Waals surface area contributed by atoms with Gasteiger partial charge in [0.25, 0.3) is 0 Å². The number of ketones is 2. The fourth-order valence-electron chi connectivity index (χ4n) is 8.31. The first-order valence-electron chi connectivity index (χ1n) is 11.9. The fourth-order valence-corrected chi connectivity index (χ4v) is 8.31. The zero-order valence-electron chi connectivity index (χ0n) is 19.0. The first kappa shape index (κ1) is 22.0. The molecule has 30 heavy (non-hydrogen) atoms. The Bertz CT molecular complexity index is 731. The van der Waals surface area contributed by atoms with Crippen molar-refractivity contribution in [2.45, 2.75) is 84.7 Å². The number of ether oxygens (including phenoxy) is 1. The number of aliphatic hydroxyl groups is 1. The Morgan fingerprint density at radius 3 is 2.63 bits per heavy atom. The van der Waals surface area contributed by atoms with Crippen molar-refractivity contribution in [1.29, 1.82) is 0 Å². The normalized spacial score (nSPS) is 46.6. The molecule has 0 aliphatic heterocycles.